The molecule has 17 heavy (non-hydrogen) atoms. The van der Waals surface area contributed by atoms with E-state index in [0.717, 1.165) is 25.6 Å². The molecule has 0 radical (unpaired) electrons. The van der Waals surface area contributed by atoms with Crippen molar-refractivity contribution in [2.45, 2.75) is 58.3 Å². The van der Waals surface area contributed by atoms with Crippen LogP contribution in [-0.4, -0.2) is 42.8 Å². The van der Waals surface area contributed by atoms with Crippen LogP contribution in [0.25, 0.3) is 0 Å². The van der Waals surface area contributed by atoms with E-state index >= 15 is 0 Å². The topological polar surface area (TPSA) is 38.5 Å². The average molecular weight is 240 g/mol. The number of rotatable bonds is 2. The van der Waals surface area contributed by atoms with Gasteiger partial charge in [0.2, 0.25) is 0 Å². The molecule has 0 aromatic heterocycles. The monoisotopic (exact) mass is 240 g/mol. The lowest BCUT2D eigenvalue weighted by Crippen LogP contribution is -2.54. The molecule has 0 spiro atoms. The lowest BCUT2D eigenvalue weighted by atomic mass is 9.78. The Balaban J connectivity index is 2.02. The molecule has 1 aliphatic carbocycles. The zero-order chi connectivity index (χ0) is 12.4. The molecule has 1 saturated heterocycles. The van der Waals surface area contributed by atoms with E-state index in [1.807, 2.05) is 0 Å². The standard InChI is InChI=1S/C14H28N2O/c1-10-4-5-13(7-15)14(6-10)16-8-11(2)17-12(3)9-16/h10-14H,4-9,15H2,1-3H3. The second-order valence-electron chi connectivity index (χ2n) is 6.19. The summed E-state index contributed by atoms with van der Waals surface area (Å²) in [5, 5.41) is 0. The highest BCUT2D eigenvalue weighted by Gasteiger charge is 2.35. The van der Waals surface area contributed by atoms with Crippen LogP contribution in [0.4, 0.5) is 0 Å². The van der Waals surface area contributed by atoms with Crippen LogP contribution in [-0.2, 0) is 4.74 Å². The number of nitrogens with two attached hydrogens (primary N) is 1. The first-order valence-corrected chi connectivity index (χ1v) is 7.19. The predicted octanol–water partition coefficient (Wildman–Crippen LogP) is 1.86. The lowest BCUT2D eigenvalue weighted by Gasteiger charge is -2.46. The summed E-state index contributed by atoms with van der Waals surface area (Å²) in [6.07, 6.45) is 4.72. The maximum Gasteiger partial charge on any atom is 0.0678 e. The second-order valence-corrected chi connectivity index (χ2v) is 6.19. The van der Waals surface area contributed by atoms with Gasteiger partial charge in [0, 0.05) is 19.1 Å². The fourth-order valence-electron chi connectivity index (χ4n) is 3.62. The molecular formula is C14H28N2O. The highest BCUT2D eigenvalue weighted by molar-refractivity contribution is 4.89. The van der Waals surface area contributed by atoms with Crippen molar-refractivity contribution < 1.29 is 4.74 Å². The number of hydrogen-bond acceptors (Lipinski definition) is 3. The van der Waals surface area contributed by atoms with Gasteiger partial charge in [-0.05, 0) is 45.1 Å². The summed E-state index contributed by atoms with van der Waals surface area (Å²) in [7, 11) is 0. The molecule has 2 aliphatic rings. The van der Waals surface area contributed by atoms with E-state index in [1.54, 1.807) is 0 Å². The molecule has 0 aromatic rings. The average Bonchev–Trinajstić information content (AvgIpc) is 2.27. The van der Waals surface area contributed by atoms with Gasteiger partial charge >= 0.3 is 0 Å². The first-order valence-electron chi connectivity index (χ1n) is 7.19. The summed E-state index contributed by atoms with van der Waals surface area (Å²) >= 11 is 0. The fourth-order valence-corrected chi connectivity index (χ4v) is 3.62. The molecule has 1 heterocycles. The molecule has 5 unspecified atom stereocenters. The third-order valence-electron chi connectivity index (χ3n) is 4.44. The van der Waals surface area contributed by atoms with Crippen molar-refractivity contribution in [3.63, 3.8) is 0 Å². The minimum Gasteiger partial charge on any atom is -0.373 e. The van der Waals surface area contributed by atoms with Gasteiger partial charge in [0.1, 0.15) is 0 Å². The van der Waals surface area contributed by atoms with E-state index in [9.17, 15) is 0 Å². The van der Waals surface area contributed by atoms with Crippen LogP contribution in [0.3, 0.4) is 0 Å². The quantitative estimate of drug-likeness (QED) is 0.800. The maximum absolute atomic E-state index is 5.96. The second kappa shape index (κ2) is 5.68. The van der Waals surface area contributed by atoms with Crippen molar-refractivity contribution in [3.05, 3.63) is 0 Å². The van der Waals surface area contributed by atoms with Gasteiger partial charge in [0.05, 0.1) is 12.2 Å². The van der Waals surface area contributed by atoms with Crippen molar-refractivity contribution in [2.24, 2.45) is 17.6 Å². The van der Waals surface area contributed by atoms with Gasteiger partial charge in [0.25, 0.3) is 0 Å². The van der Waals surface area contributed by atoms with Crippen LogP contribution in [0.15, 0.2) is 0 Å². The molecule has 100 valence electrons. The Morgan fingerprint density at radius 3 is 2.35 bits per heavy atom. The molecule has 0 bridgehead atoms. The Morgan fingerprint density at radius 1 is 1.12 bits per heavy atom. The van der Waals surface area contributed by atoms with E-state index in [2.05, 4.69) is 25.7 Å². The molecule has 5 atom stereocenters. The van der Waals surface area contributed by atoms with Crippen molar-refractivity contribution in [2.75, 3.05) is 19.6 Å². The van der Waals surface area contributed by atoms with E-state index in [1.165, 1.54) is 19.3 Å². The van der Waals surface area contributed by atoms with Crippen LogP contribution in [0.5, 0.6) is 0 Å². The summed E-state index contributed by atoms with van der Waals surface area (Å²) in [6, 6.07) is 0.692. The number of nitrogens with zero attached hydrogens (tertiary/aromatic N) is 1. The van der Waals surface area contributed by atoms with Crippen LogP contribution >= 0.6 is 0 Å². The summed E-state index contributed by atoms with van der Waals surface area (Å²) in [5.74, 6) is 1.56. The van der Waals surface area contributed by atoms with Crippen LogP contribution in [0.2, 0.25) is 0 Å². The lowest BCUT2D eigenvalue weighted by molar-refractivity contribution is -0.0933. The minimum atomic E-state index is 0.370. The van der Waals surface area contributed by atoms with Gasteiger partial charge in [-0.1, -0.05) is 13.3 Å². The third-order valence-corrected chi connectivity index (χ3v) is 4.44. The van der Waals surface area contributed by atoms with Crippen LogP contribution in [0.1, 0.15) is 40.0 Å². The Morgan fingerprint density at radius 2 is 1.76 bits per heavy atom. The van der Waals surface area contributed by atoms with E-state index in [-0.39, 0.29) is 0 Å². The predicted molar refractivity (Wildman–Crippen MR) is 70.9 cm³/mol. The molecule has 2 fully saturated rings. The smallest absolute Gasteiger partial charge is 0.0678 e. The molecule has 0 aromatic carbocycles. The Hall–Kier alpha value is -0.120. The molecule has 1 aliphatic heterocycles. The van der Waals surface area contributed by atoms with Gasteiger partial charge in [0.15, 0.2) is 0 Å². The summed E-state index contributed by atoms with van der Waals surface area (Å²) in [6.45, 7) is 9.76. The van der Waals surface area contributed by atoms with Crippen LogP contribution < -0.4 is 5.73 Å². The summed E-state index contributed by atoms with van der Waals surface area (Å²) in [4.78, 5) is 2.64. The number of ether oxygens (including phenoxy) is 1. The number of morpholine rings is 1. The summed E-state index contributed by atoms with van der Waals surface area (Å²) in [5.41, 5.74) is 5.96. The van der Waals surface area contributed by atoms with Crippen molar-refractivity contribution in [3.8, 4) is 0 Å². The largest absolute Gasteiger partial charge is 0.373 e. The molecule has 1 saturated carbocycles. The van der Waals surface area contributed by atoms with E-state index in [4.69, 9.17) is 10.5 Å². The normalized spacial score (nSPS) is 44.8. The summed E-state index contributed by atoms with van der Waals surface area (Å²) < 4.78 is 5.83. The first-order chi connectivity index (χ1) is 8.10. The van der Waals surface area contributed by atoms with Gasteiger partial charge in [-0.15, -0.1) is 0 Å². The van der Waals surface area contributed by atoms with Gasteiger partial charge in [-0.3, -0.25) is 4.90 Å². The van der Waals surface area contributed by atoms with Crippen LogP contribution in [0, 0.1) is 11.8 Å². The number of hydrogen-bond donors (Lipinski definition) is 1. The Labute approximate surface area is 106 Å². The molecular weight excluding hydrogens is 212 g/mol. The van der Waals surface area contributed by atoms with Crippen molar-refractivity contribution in [1.82, 2.24) is 4.90 Å². The van der Waals surface area contributed by atoms with Gasteiger partial charge in [-0.25, -0.2) is 0 Å². The first kappa shape index (κ1) is 13.3. The maximum atomic E-state index is 5.96. The van der Waals surface area contributed by atoms with Gasteiger partial charge < -0.3 is 10.5 Å². The zero-order valence-electron chi connectivity index (χ0n) is 11.6. The fraction of sp³-hybridized carbons (Fsp3) is 1.00. The van der Waals surface area contributed by atoms with E-state index < -0.39 is 0 Å². The SMILES string of the molecule is CC1CCC(CN)C(N2CC(C)OC(C)C2)C1. The Bertz CT molecular complexity index is 236. The minimum absolute atomic E-state index is 0.370. The molecule has 3 heteroatoms. The third kappa shape index (κ3) is 3.21. The van der Waals surface area contributed by atoms with Crippen molar-refractivity contribution in [1.29, 1.82) is 0 Å². The van der Waals surface area contributed by atoms with Crippen molar-refractivity contribution >= 4 is 0 Å². The molecule has 2 N–H and O–H groups in total. The van der Waals surface area contributed by atoms with E-state index in [0.29, 0.717) is 24.2 Å². The highest BCUT2D eigenvalue weighted by Crippen LogP contribution is 2.33. The molecule has 0 amide bonds. The highest BCUT2D eigenvalue weighted by atomic mass is 16.5. The zero-order valence-corrected chi connectivity index (χ0v) is 11.6. The van der Waals surface area contributed by atoms with Gasteiger partial charge in [-0.2, -0.15) is 0 Å². The molecule has 3 nitrogen and oxygen atoms in total. The Kier molecular flexibility index (Phi) is 4.45. The molecule has 2 rings (SSSR count).